The summed E-state index contributed by atoms with van der Waals surface area (Å²) >= 11 is 0. The number of benzene rings is 1. The molecule has 0 spiro atoms. The molecule has 1 unspecified atom stereocenters. The fourth-order valence-electron chi connectivity index (χ4n) is 5.49. The second-order valence-corrected chi connectivity index (χ2v) is 13.5. The summed E-state index contributed by atoms with van der Waals surface area (Å²) in [5.41, 5.74) is -0.150. The van der Waals surface area contributed by atoms with E-state index in [9.17, 15) is 32.3 Å². The first-order chi connectivity index (χ1) is 23.5. The lowest BCUT2D eigenvalue weighted by molar-refractivity contribution is -0.159. The van der Waals surface area contributed by atoms with Gasteiger partial charge >= 0.3 is 12.2 Å². The van der Waals surface area contributed by atoms with Crippen molar-refractivity contribution >= 4 is 23.6 Å². The predicted octanol–water partition coefficient (Wildman–Crippen LogP) is 5.20. The van der Waals surface area contributed by atoms with Crippen LogP contribution in [0, 0.1) is 5.92 Å². The molecular weight excluding hydrogens is 659 g/mol. The van der Waals surface area contributed by atoms with E-state index in [1.54, 1.807) is 32.9 Å². The molecule has 3 amide bonds. The molecule has 2 aromatic heterocycles. The van der Waals surface area contributed by atoms with Gasteiger partial charge in [0.25, 0.3) is 11.5 Å². The van der Waals surface area contributed by atoms with E-state index >= 15 is 0 Å². The Labute approximate surface area is 287 Å². The van der Waals surface area contributed by atoms with Crippen LogP contribution in [0.2, 0.25) is 0 Å². The highest BCUT2D eigenvalue weighted by atomic mass is 19.3. The summed E-state index contributed by atoms with van der Waals surface area (Å²) in [6.07, 6.45) is 0.906. The van der Waals surface area contributed by atoms with Crippen molar-refractivity contribution in [1.29, 1.82) is 0 Å². The third-order valence-electron chi connectivity index (χ3n) is 7.81. The van der Waals surface area contributed by atoms with Gasteiger partial charge in [-0.25, -0.2) is 13.9 Å². The molecule has 1 fully saturated rings. The van der Waals surface area contributed by atoms with E-state index in [1.807, 2.05) is 0 Å². The molecular formula is C34H44F3N7O6. The van der Waals surface area contributed by atoms with E-state index in [0.29, 0.717) is 24.6 Å². The number of amides is 3. The molecule has 1 atom stereocenters. The first-order valence-corrected chi connectivity index (χ1v) is 16.5. The number of alkyl halides is 3. The van der Waals surface area contributed by atoms with Crippen LogP contribution < -0.4 is 26.2 Å². The number of ether oxygens (including phenoxy) is 2. The number of aromatic nitrogens is 4. The van der Waals surface area contributed by atoms with Gasteiger partial charge in [-0.3, -0.25) is 14.4 Å². The zero-order valence-corrected chi connectivity index (χ0v) is 28.6. The molecule has 16 heteroatoms. The van der Waals surface area contributed by atoms with Crippen LogP contribution in [0.25, 0.3) is 0 Å². The van der Waals surface area contributed by atoms with Crippen LogP contribution in [-0.4, -0.2) is 61.4 Å². The molecule has 1 saturated carbocycles. The molecule has 272 valence electrons. The lowest BCUT2D eigenvalue weighted by Gasteiger charge is -2.29. The third kappa shape index (κ3) is 12.9. The molecule has 4 rings (SSSR count). The van der Waals surface area contributed by atoms with Crippen molar-refractivity contribution in [2.75, 3.05) is 5.32 Å². The highest BCUT2D eigenvalue weighted by molar-refractivity contribution is 5.92. The molecule has 50 heavy (non-hydrogen) atoms. The quantitative estimate of drug-likeness (QED) is 0.207. The van der Waals surface area contributed by atoms with Crippen molar-refractivity contribution in [2.24, 2.45) is 5.92 Å². The van der Waals surface area contributed by atoms with Crippen LogP contribution in [0.15, 0.2) is 53.6 Å². The van der Waals surface area contributed by atoms with Crippen molar-refractivity contribution in [3.8, 4) is 5.75 Å². The maximum Gasteiger partial charge on any atom is 0.407 e. The molecule has 2 heterocycles. The minimum atomic E-state index is -3.35. The average molecular weight is 704 g/mol. The maximum atomic E-state index is 14.8. The summed E-state index contributed by atoms with van der Waals surface area (Å²) in [6.45, 7) is 5.93. The number of carbonyl (C=O) groups is 3. The molecule has 0 radical (unpaired) electrons. The van der Waals surface area contributed by atoms with Crippen LogP contribution in [0.4, 0.5) is 23.7 Å². The fraction of sp³-hybridized carbons (Fsp3) is 0.529. The summed E-state index contributed by atoms with van der Waals surface area (Å²) in [6, 6.07) is 8.78. The normalized spacial score (nSPS) is 17.0. The molecule has 0 bridgehead atoms. The Morgan fingerprint density at radius 3 is 2.48 bits per heavy atom. The van der Waals surface area contributed by atoms with Crippen molar-refractivity contribution < 1.29 is 37.0 Å². The van der Waals surface area contributed by atoms with E-state index in [-0.39, 0.29) is 55.4 Å². The molecule has 0 saturated heterocycles. The number of anilines is 1. The smallest absolute Gasteiger partial charge is 0.407 e. The van der Waals surface area contributed by atoms with Crippen molar-refractivity contribution in [3.63, 3.8) is 0 Å². The zero-order chi connectivity index (χ0) is 36.5. The van der Waals surface area contributed by atoms with Gasteiger partial charge < -0.3 is 30.0 Å². The van der Waals surface area contributed by atoms with E-state index in [0.717, 1.165) is 25.7 Å². The van der Waals surface area contributed by atoms with Gasteiger partial charge in [-0.15, -0.1) is 5.10 Å². The van der Waals surface area contributed by atoms with Crippen LogP contribution >= 0.6 is 0 Å². The summed E-state index contributed by atoms with van der Waals surface area (Å²) in [4.78, 5) is 49.8. The van der Waals surface area contributed by atoms with Gasteiger partial charge in [0.15, 0.2) is 5.69 Å². The van der Waals surface area contributed by atoms with Crippen LogP contribution in [-0.2, 0) is 29.2 Å². The Balaban J connectivity index is 1.16. The van der Waals surface area contributed by atoms with Crippen molar-refractivity contribution in [1.82, 2.24) is 30.2 Å². The summed E-state index contributed by atoms with van der Waals surface area (Å²) < 4.78 is 53.4. The minimum Gasteiger partial charge on any atom is -0.444 e. The van der Waals surface area contributed by atoms with E-state index < -0.39 is 35.4 Å². The molecule has 1 aliphatic carbocycles. The number of halogens is 3. The van der Waals surface area contributed by atoms with Gasteiger partial charge in [-0.2, -0.15) is 8.78 Å². The van der Waals surface area contributed by atoms with Gasteiger partial charge in [0.2, 0.25) is 5.91 Å². The second-order valence-electron chi connectivity index (χ2n) is 13.5. The van der Waals surface area contributed by atoms with E-state index in [2.05, 4.69) is 31.0 Å². The monoisotopic (exact) mass is 703 g/mol. The number of pyridine rings is 1. The average Bonchev–Trinajstić information content (AvgIpc) is 3.47. The largest absolute Gasteiger partial charge is 0.444 e. The number of rotatable bonds is 14. The number of carbonyl (C=O) groups excluding carboxylic acids is 3. The van der Waals surface area contributed by atoms with Gasteiger partial charge in [-0.1, -0.05) is 17.3 Å². The Morgan fingerprint density at radius 1 is 1.06 bits per heavy atom. The second kappa shape index (κ2) is 16.7. The van der Waals surface area contributed by atoms with Crippen LogP contribution in [0.3, 0.4) is 0 Å². The zero-order valence-electron chi connectivity index (χ0n) is 28.6. The number of hydrogen-bond acceptors (Lipinski definition) is 8. The van der Waals surface area contributed by atoms with Gasteiger partial charge in [0.1, 0.15) is 17.5 Å². The highest BCUT2D eigenvalue weighted by Gasteiger charge is 2.26. The minimum absolute atomic E-state index is 0.00675. The highest BCUT2D eigenvalue weighted by Crippen LogP contribution is 2.28. The first kappa shape index (κ1) is 37.9. The standard InChI is InChI=1S/C34H44F3N7O6/c1-33(2,3)50-32(48)40-25-10-8-22(9-11-25)17-29(45)39-26-13-15-43(30(46)18-26)14-12-24(35)20-44-21-28(41-42-44)31(47)38-19-23-6-5-7-27(16-23)49-34(4,36)37/h5-7,13,15-16,18,21-22,24-25H,8-12,14,17,19-20H2,1-4H3,(H,38,47)(H,39,45)(H,40,48). The third-order valence-corrected chi connectivity index (χ3v) is 7.81. The van der Waals surface area contributed by atoms with Crippen molar-refractivity contribution in [2.45, 2.75) is 110 Å². The van der Waals surface area contributed by atoms with E-state index in [1.165, 1.54) is 45.9 Å². The maximum absolute atomic E-state index is 14.8. The van der Waals surface area contributed by atoms with Gasteiger partial charge in [0.05, 0.1) is 12.7 Å². The summed E-state index contributed by atoms with van der Waals surface area (Å²) in [7, 11) is 0. The molecule has 0 aliphatic heterocycles. The number of nitrogens with one attached hydrogen (secondary N) is 3. The lowest BCUT2D eigenvalue weighted by atomic mass is 9.84. The Kier molecular flexibility index (Phi) is 12.6. The van der Waals surface area contributed by atoms with Gasteiger partial charge in [0, 0.05) is 50.4 Å². The van der Waals surface area contributed by atoms with Crippen LogP contribution in [0.1, 0.15) is 82.3 Å². The van der Waals surface area contributed by atoms with E-state index in [4.69, 9.17) is 4.74 Å². The Bertz CT molecular complexity index is 1680. The molecule has 13 nitrogen and oxygen atoms in total. The number of aryl methyl sites for hydroxylation is 1. The number of hydrogen-bond donors (Lipinski definition) is 3. The summed E-state index contributed by atoms with van der Waals surface area (Å²) in [5.74, 6) is -0.684. The molecule has 1 aliphatic rings. The fourth-order valence-corrected chi connectivity index (χ4v) is 5.49. The lowest BCUT2D eigenvalue weighted by Crippen LogP contribution is -2.41. The van der Waals surface area contributed by atoms with Gasteiger partial charge in [-0.05, 0) is 82.6 Å². The Morgan fingerprint density at radius 2 is 1.80 bits per heavy atom. The first-order valence-electron chi connectivity index (χ1n) is 16.5. The SMILES string of the molecule is CC(C)(C)OC(=O)NC1CCC(CC(=O)Nc2ccn(CCC(F)Cn3cc(C(=O)NCc4cccc(OC(C)(F)F)c4)nn3)c(=O)c2)CC1. The molecule has 3 aromatic rings. The van der Waals surface area contributed by atoms with Crippen LogP contribution in [0.5, 0.6) is 5.75 Å². The molecule has 3 N–H and O–H groups in total. The Hall–Kier alpha value is -4.89. The number of nitrogens with zero attached hydrogens (tertiary/aromatic N) is 4. The predicted molar refractivity (Wildman–Crippen MR) is 177 cm³/mol. The number of alkyl carbamates (subject to hydrolysis) is 1. The van der Waals surface area contributed by atoms with Crippen molar-refractivity contribution in [3.05, 3.63) is 70.4 Å². The topological polar surface area (TPSA) is 158 Å². The summed E-state index contributed by atoms with van der Waals surface area (Å²) in [5, 5.41) is 15.8. The molecule has 1 aromatic carbocycles.